The van der Waals surface area contributed by atoms with Gasteiger partial charge in [0.1, 0.15) is 17.3 Å². The fourth-order valence-electron chi connectivity index (χ4n) is 2.97. The maximum atomic E-state index is 12.6. The van der Waals surface area contributed by atoms with Crippen molar-refractivity contribution in [2.45, 2.75) is 13.3 Å². The van der Waals surface area contributed by atoms with Gasteiger partial charge in [0.15, 0.2) is 5.13 Å². The number of nitrogens with zero attached hydrogens (tertiary/aromatic N) is 1. The quantitative estimate of drug-likeness (QED) is 0.596. The van der Waals surface area contributed by atoms with Crippen molar-refractivity contribution in [3.8, 4) is 17.0 Å². The van der Waals surface area contributed by atoms with Gasteiger partial charge in [-0.1, -0.05) is 12.2 Å². The highest BCUT2D eigenvalue weighted by Gasteiger charge is 2.15. The molecule has 0 spiro atoms. The van der Waals surface area contributed by atoms with E-state index >= 15 is 0 Å². The maximum Gasteiger partial charge on any atom is 0.345 e. The first kappa shape index (κ1) is 19.0. The van der Waals surface area contributed by atoms with Crippen LogP contribution in [0.4, 0.5) is 10.8 Å². The predicted octanol–water partition coefficient (Wildman–Crippen LogP) is 5.31. The van der Waals surface area contributed by atoms with E-state index in [2.05, 4.69) is 10.3 Å². The lowest BCUT2D eigenvalue weighted by Gasteiger charge is -2.05. The molecule has 2 heterocycles. The Morgan fingerprint density at radius 3 is 2.86 bits per heavy atom. The molecule has 0 unspecified atom stereocenters. The number of aromatic nitrogens is 1. The van der Waals surface area contributed by atoms with Gasteiger partial charge in [0.25, 0.3) is 0 Å². The first-order chi connectivity index (χ1) is 14.2. The number of nitrogens with one attached hydrogen (secondary N) is 1. The normalized spacial score (nSPS) is 12.7. The molecule has 7 heteroatoms. The minimum absolute atomic E-state index is 0.424. The number of ether oxygens (including phenoxy) is 2. The summed E-state index contributed by atoms with van der Waals surface area (Å²) in [5.41, 5.74) is 2.30. The third-order valence-corrected chi connectivity index (χ3v) is 5.12. The average molecular weight is 408 g/mol. The Bertz CT molecular complexity index is 1130. The summed E-state index contributed by atoms with van der Waals surface area (Å²) in [6.45, 7) is 2.50. The summed E-state index contributed by atoms with van der Waals surface area (Å²) >= 11 is 1.42. The molecule has 0 atom stereocenters. The molecule has 0 saturated heterocycles. The number of fused-ring (bicyclic) bond motifs is 1. The number of anilines is 2. The van der Waals surface area contributed by atoms with Gasteiger partial charge in [-0.3, -0.25) is 0 Å². The summed E-state index contributed by atoms with van der Waals surface area (Å²) in [6.07, 6.45) is 6.37. The Morgan fingerprint density at radius 2 is 2.10 bits per heavy atom. The molecule has 1 aliphatic carbocycles. The maximum absolute atomic E-state index is 12.6. The standard InChI is InChI=1S/C22H20N2O4S/c1-3-27-17-6-4-5-14-11-18(21(25)28-20(14)12-17)19-13-29-22(24-19)23-15-7-9-16(26-2)10-8-15/h4-5,7-13H,3,6H2,1-2H3,(H,23,24). The summed E-state index contributed by atoms with van der Waals surface area (Å²) in [5, 5.41) is 5.76. The minimum Gasteiger partial charge on any atom is -0.498 e. The highest BCUT2D eigenvalue weighted by Crippen LogP contribution is 2.29. The van der Waals surface area contributed by atoms with Gasteiger partial charge in [-0.2, -0.15) is 0 Å². The van der Waals surface area contributed by atoms with Crippen molar-refractivity contribution in [1.29, 1.82) is 0 Å². The molecule has 1 aromatic carbocycles. The van der Waals surface area contributed by atoms with Crippen molar-refractivity contribution in [1.82, 2.24) is 4.98 Å². The Morgan fingerprint density at radius 1 is 1.28 bits per heavy atom. The van der Waals surface area contributed by atoms with Crippen molar-refractivity contribution < 1.29 is 13.9 Å². The molecule has 1 N–H and O–H groups in total. The summed E-state index contributed by atoms with van der Waals surface area (Å²) < 4.78 is 16.3. The van der Waals surface area contributed by atoms with Crippen LogP contribution in [0, 0.1) is 0 Å². The Kier molecular flexibility index (Phi) is 5.48. The molecule has 4 rings (SSSR count). The van der Waals surface area contributed by atoms with Crippen molar-refractivity contribution in [3.05, 3.63) is 69.3 Å². The molecule has 0 bridgehead atoms. The van der Waals surface area contributed by atoms with Gasteiger partial charge in [-0.25, -0.2) is 9.78 Å². The van der Waals surface area contributed by atoms with Crippen LogP contribution >= 0.6 is 11.3 Å². The average Bonchev–Trinajstić information content (AvgIpc) is 3.09. The van der Waals surface area contributed by atoms with Gasteiger partial charge < -0.3 is 19.2 Å². The van der Waals surface area contributed by atoms with E-state index in [1.165, 1.54) is 11.3 Å². The van der Waals surface area contributed by atoms with Crippen molar-refractivity contribution in [3.63, 3.8) is 0 Å². The minimum atomic E-state index is -0.424. The highest BCUT2D eigenvalue weighted by atomic mass is 32.1. The van der Waals surface area contributed by atoms with E-state index in [4.69, 9.17) is 13.9 Å². The first-order valence-corrected chi connectivity index (χ1v) is 10.1. The zero-order chi connectivity index (χ0) is 20.2. The second-order valence-electron chi connectivity index (χ2n) is 6.31. The fraction of sp³-hybridized carbons (Fsp3) is 0.182. The molecule has 0 saturated carbocycles. The van der Waals surface area contributed by atoms with Crippen molar-refractivity contribution in [2.75, 3.05) is 19.0 Å². The first-order valence-electron chi connectivity index (χ1n) is 9.21. The second-order valence-corrected chi connectivity index (χ2v) is 7.17. The Balaban J connectivity index is 1.61. The Hall–Kier alpha value is -3.32. The predicted molar refractivity (Wildman–Crippen MR) is 116 cm³/mol. The Labute approximate surface area is 172 Å². The van der Waals surface area contributed by atoms with E-state index < -0.39 is 5.63 Å². The number of benzene rings is 1. The number of thiazole rings is 1. The number of hydrogen-bond acceptors (Lipinski definition) is 7. The van der Waals surface area contributed by atoms with E-state index in [1.54, 1.807) is 13.2 Å². The van der Waals surface area contributed by atoms with Crippen LogP contribution < -0.4 is 15.7 Å². The third-order valence-electron chi connectivity index (χ3n) is 4.37. The summed E-state index contributed by atoms with van der Waals surface area (Å²) in [4.78, 5) is 17.1. The van der Waals surface area contributed by atoms with Crippen LogP contribution in [0.15, 0.2) is 56.8 Å². The molecule has 6 nitrogen and oxygen atoms in total. The zero-order valence-corrected chi connectivity index (χ0v) is 16.9. The van der Waals surface area contributed by atoms with Crippen LogP contribution in [-0.2, 0) is 4.74 Å². The number of hydrogen-bond donors (Lipinski definition) is 1. The molecule has 1 aliphatic rings. The van der Waals surface area contributed by atoms with Crippen LogP contribution in [0.2, 0.25) is 0 Å². The summed E-state index contributed by atoms with van der Waals surface area (Å²) in [5.74, 6) is 2.06. The largest absolute Gasteiger partial charge is 0.498 e. The van der Waals surface area contributed by atoms with Crippen LogP contribution in [0.3, 0.4) is 0 Å². The molecule has 0 fully saturated rings. The molecular weight excluding hydrogens is 388 g/mol. The van der Waals surface area contributed by atoms with Gasteiger partial charge in [0.2, 0.25) is 0 Å². The van der Waals surface area contributed by atoms with E-state index in [0.717, 1.165) is 22.8 Å². The lowest BCUT2D eigenvalue weighted by molar-refractivity contribution is 0.227. The van der Waals surface area contributed by atoms with E-state index in [1.807, 2.05) is 54.8 Å². The van der Waals surface area contributed by atoms with Gasteiger partial charge in [-0.05, 0) is 37.3 Å². The van der Waals surface area contributed by atoms with Crippen LogP contribution in [0.25, 0.3) is 23.4 Å². The molecule has 0 amide bonds. The SMILES string of the molecule is CCOC1=Cc2oc(=O)c(-c3csc(Nc4ccc(OC)cc4)n3)cc2C=CC1. The van der Waals surface area contributed by atoms with Gasteiger partial charge >= 0.3 is 5.63 Å². The molecule has 0 radical (unpaired) electrons. The molecule has 29 heavy (non-hydrogen) atoms. The number of rotatable bonds is 6. The second kappa shape index (κ2) is 8.36. The molecular formula is C22H20N2O4S. The van der Waals surface area contributed by atoms with Crippen LogP contribution in [0.1, 0.15) is 24.7 Å². The summed E-state index contributed by atoms with van der Waals surface area (Å²) in [6, 6.07) is 9.37. The number of methoxy groups -OCH3 is 1. The van der Waals surface area contributed by atoms with Crippen LogP contribution in [0.5, 0.6) is 5.75 Å². The smallest absolute Gasteiger partial charge is 0.345 e. The lowest BCUT2D eigenvalue weighted by atomic mass is 10.1. The van der Waals surface area contributed by atoms with E-state index in [9.17, 15) is 4.79 Å². The van der Waals surface area contributed by atoms with E-state index in [0.29, 0.717) is 35.2 Å². The highest BCUT2D eigenvalue weighted by molar-refractivity contribution is 7.14. The van der Waals surface area contributed by atoms with Crippen molar-refractivity contribution >= 4 is 34.3 Å². The topological polar surface area (TPSA) is 73.6 Å². The lowest BCUT2D eigenvalue weighted by Crippen LogP contribution is -2.05. The van der Waals surface area contributed by atoms with Gasteiger partial charge in [-0.15, -0.1) is 11.3 Å². The molecule has 2 aromatic heterocycles. The van der Waals surface area contributed by atoms with Gasteiger partial charge in [0.05, 0.1) is 25.0 Å². The zero-order valence-electron chi connectivity index (χ0n) is 16.1. The summed E-state index contributed by atoms with van der Waals surface area (Å²) in [7, 11) is 1.63. The van der Waals surface area contributed by atoms with Crippen LogP contribution in [-0.4, -0.2) is 18.7 Å². The monoisotopic (exact) mass is 408 g/mol. The molecule has 148 valence electrons. The van der Waals surface area contributed by atoms with E-state index in [-0.39, 0.29) is 0 Å². The molecule has 0 aliphatic heterocycles. The molecule has 3 aromatic rings. The van der Waals surface area contributed by atoms with Crippen molar-refractivity contribution in [2.24, 2.45) is 0 Å². The van der Waals surface area contributed by atoms with Gasteiger partial charge in [0, 0.05) is 29.1 Å². The number of allylic oxidation sites excluding steroid dienone is 1. The third kappa shape index (κ3) is 4.25. The fourth-order valence-corrected chi connectivity index (χ4v) is 3.70.